The zero-order chi connectivity index (χ0) is 13.0. The van der Waals surface area contributed by atoms with Crippen LogP contribution in [0.15, 0.2) is 5.57 Å². The molecule has 6 nitrogen and oxygen atoms in total. The van der Waals surface area contributed by atoms with E-state index in [1.54, 1.807) is 18.2 Å². The fourth-order valence-corrected chi connectivity index (χ4v) is 1.59. The molecule has 82 valence electrons. The van der Waals surface area contributed by atoms with Crippen molar-refractivity contribution < 1.29 is 0 Å². The molecule has 2 N–H and O–H groups in total. The Bertz CT molecular complexity index is 589. The minimum absolute atomic E-state index is 0.0804. The van der Waals surface area contributed by atoms with Crippen molar-refractivity contribution in [1.29, 1.82) is 15.8 Å². The van der Waals surface area contributed by atoms with E-state index in [1.165, 1.54) is 0 Å². The van der Waals surface area contributed by atoms with Crippen LogP contribution in [0, 0.1) is 34.0 Å². The summed E-state index contributed by atoms with van der Waals surface area (Å²) >= 11 is 11.5. The number of nitriles is 3. The third kappa shape index (κ3) is 2.43. The summed E-state index contributed by atoms with van der Waals surface area (Å²) in [6.07, 6.45) is 0. The Morgan fingerprint density at radius 1 is 1.00 bits per heavy atom. The number of aromatic nitrogens is 2. The molecule has 0 atom stereocenters. The largest absolute Gasteiger partial charge is 0.368 e. The Labute approximate surface area is 106 Å². The van der Waals surface area contributed by atoms with Gasteiger partial charge in [-0.2, -0.15) is 15.8 Å². The van der Waals surface area contributed by atoms with Crippen molar-refractivity contribution in [3.05, 3.63) is 21.4 Å². The number of anilines is 1. The van der Waals surface area contributed by atoms with Crippen molar-refractivity contribution in [2.45, 2.75) is 0 Å². The maximum atomic E-state index is 8.92. The Hall–Kier alpha value is -2.33. The SMILES string of the molecule is N#CC(C#N)=C(C#N)c1c(Cl)nc(N)nc1Cl. The van der Waals surface area contributed by atoms with Crippen LogP contribution in [0.1, 0.15) is 5.56 Å². The van der Waals surface area contributed by atoms with Gasteiger partial charge in [-0.3, -0.25) is 0 Å². The van der Waals surface area contributed by atoms with E-state index in [-0.39, 0.29) is 27.4 Å². The highest BCUT2D eigenvalue weighted by atomic mass is 35.5. The summed E-state index contributed by atoms with van der Waals surface area (Å²) in [5.74, 6) is -0.170. The van der Waals surface area contributed by atoms with Gasteiger partial charge < -0.3 is 5.73 Å². The molecule has 0 aliphatic rings. The van der Waals surface area contributed by atoms with E-state index < -0.39 is 5.57 Å². The first-order valence-corrected chi connectivity index (χ1v) is 4.74. The van der Waals surface area contributed by atoms with Crippen molar-refractivity contribution in [3.8, 4) is 18.2 Å². The van der Waals surface area contributed by atoms with Crippen molar-refractivity contribution in [2.75, 3.05) is 5.73 Å². The van der Waals surface area contributed by atoms with Crippen LogP contribution >= 0.6 is 23.2 Å². The molecule has 0 aromatic carbocycles. The van der Waals surface area contributed by atoms with Crippen LogP contribution in [0.3, 0.4) is 0 Å². The highest BCUT2D eigenvalue weighted by molar-refractivity contribution is 6.36. The Morgan fingerprint density at radius 3 is 1.82 bits per heavy atom. The zero-order valence-corrected chi connectivity index (χ0v) is 9.58. The molecule has 1 rings (SSSR count). The van der Waals surface area contributed by atoms with Crippen LogP contribution in [-0.2, 0) is 0 Å². The number of rotatable bonds is 1. The summed E-state index contributed by atoms with van der Waals surface area (Å²) in [5.41, 5.74) is 4.50. The van der Waals surface area contributed by atoms with E-state index in [0.29, 0.717) is 0 Å². The van der Waals surface area contributed by atoms with E-state index in [0.717, 1.165) is 0 Å². The van der Waals surface area contributed by atoms with Crippen LogP contribution in [0.2, 0.25) is 10.3 Å². The number of nitrogen functional groups attached to an aromatic ring is 1. The number of halogens is 2. The highest BCUT2D eigenvalue weighted by Crippen LogP contribution is 2.30. The molecular formula is C9H2Cl2N6. The molecule has 1 aromatic rings. The minimum atomic E-state index is -0.426. The summed E-state index contributed by atoms with van der Waals surface area (Å²) in [7, 11) is 0. The zero-order valence-electron chi connectivity index (χ0n) is 8.07. The van der Waals surface area contributed by atoms with Gasteiger partial charge in [-0.15, -0.1) is 0 Å². The molecule has 0 aliphatic carbocycles. The second-order valence-electron chi connectivity index (χ2n) is 2.62. The van der Waals surface area contributed by atoms with E-state index in [1.807, 2.05) is 0 Å². The predicted octanol–water partition coefficient (Wildman–Crippen LogP) is 1.69. The quantitative estimate of drug-likeness (QED) is 0.608. The average Bonchev–Trinajstić information content (AvgIpc) is 2.27. The van der Waals surface area contributed by atoms with Gasteiger partial charge in [0, 0.05) is 0 Å². The monoisotopic (exact) mass is 264 g/mol. The molecule has 0 bridgehead atoms. The Morgan fingerprint density at radius 2 is 1.47 bits per heavy atom. The van der Waals surface area contributed by atoms with Crippen LogP contribution in [0.4, 0.5) is 5.95 Å². The number of hydrogen-bond donors (Lipinski definition) is 1. The van der Waals surface area contributed by atoms with Gasteiger partial charge in [0.05, 0.1) is 11.1 Å². The van der Waals surface area contributed by atoms with Crippen LogP contribution in [-0.4, -0.2) is 9.97 Å². The van der Waals surface area contributed by atoms with Crippen LogP contribution in [0.5, 0.6) is 0 Å². The highest BCUT2D eigenvalue weighted by Gasteiger charge is 2.19. The second-order valence-corrected chi connectivity index (χ2v) is 3.34. The number of nitrogens with two attached hydrogens (primary N) is 1. The molecule has 0 amide bonds. The number of nitrogens with zero attached hydrogens (tertiary/aromatic N) is 5. The van der Waals surface area contributed by atoms with Crippen molar-refractivity contribution in [1.82, 2.24) is 9.97 Å². The van der Waals surface area contributed by atoms with E-state index in [9.17, 15) is 0 Å². The topological polar surface area (TPSA) is 123 Å². The smallest absolute Gasteiger partial charge is 0.222 e. The van der Waals surface area contributed by atoms with Gasteiger partial charge in [-0.1, -0.05) is 23.2 Å². The molecule has 1 aromatic heterocycles. The molecule has 1 heterocycles. The van der Waals surface area contributed by atoms with E-state index in [2.05, 4.69) is 9.97 Å². The third-order valence-electron chi connectivity index (χ3n) is 1.67. The molecule has 0 unspecified atom stereocenters. The number of allylic oxidation sites excluding steroid dienone is 2. The lowest BCUT2D eigenvalue weighted by Gasteiger charge is -2.04. The lowest BCUT2D eigenvalue weighted by Crippen LogP contribution is -2.00. The standard InChI is InChI=1S/C9H2Cl2N6/c10-7-6(8(11)17-9(15)16-7)5(3-14)4(1-12)2-13/h(H2,15,16,17). The van der Waals surface area contributed by atoms with Gasteiger partial charge in [-0.25, -0.2) is 9.97 Å². The Kier molecular flexibility index (Phi) is 3.85. The van der Waals surface area contributed by atoms with Crippen LogP contribution in [0.25, 0.3) is 5.57 Å². The predicted molar refractivity (Wildman–Crippen MR) is 60.2 cm³/mol. The van der Waals surface area contributed by atoms with E-state index >= 15 is 0 Å². The molecular weight excluding hydrogens is 263 g/mol. The van der Waals surface area contributed by atoms with Crippen molar-refractivity contribution in [3.63, 3.8) is 0 Å². The molecule has 0 saturated carbocycles. The normalized spacial score (nSPS) is 8.65. The first-order chi connectivity index (χ1) is 8.04. The molecule has 0 aliphatic heterocycles. The molecule has 8 heteroatoms. The van der Waals surface area contributed by atoms with Crippen molar-refractivity contribution in [2.24, 2.45) is 0 Å². The lowest BCUT2D eigenvalue weighted by molar-refractivity contribution is 1.17. The van der Waals surface area contributed by atoms with Gasteiger partial charge in [0.1, 0.15) is 34.1 Å². The lowest BCUT2D eigenvalue weighted by atomic mass is 10.1. The van der Waals surface area contributed by atoms with Gasteiger partial charge in [0.2, 0.25) is 5.95 Å². The Balaban J connectivity index is 3.68. The fourth-order valence-electron chi connectivity index (χ4n) is 1.00. The van der Waals surface area contributed by atoms with Gasteiger partial charge in [-0.05, 0) is 0 Å². The fraction of sp³-hybridized carbons (Fsp3) is 0. The van der Waals surface area contributed by atoms with Crippen LogP contribution < -0.4 is 5.73 Å². The molecule has 17 heavy (non-hydrogen) atoms. The minimum Gasteiger partial charge on any atom is -0.368 e. The van der Waals surface area contributed by atoms with Gasteiger partial charge in [0.25, 0.3) is 0 Å². The summed E-state index contributed by atoms with van der Waals surface area (Å²) < 4.78 is 0. The molecule has 0 saturated heterocycles. The summed E-state index contributed by atoms with van der Waals surface area (Å²) in [6, 6.07) is 4.79. The summed E-state index contributed by atoms with van der Waals surface area (Å²) in [6.45, 7) is 0. The molecule has 0 radical (unpaired) electrons. The van der Waals surface area contributed by atoms with Gasteiger partial charge >= 0.3 is 0 Å². The first-order valence-electron chi connectivity index (χ1n) is 3.98. The third-order valence-corrected chi connectivity index (χ3v) is 2.22. The first kappa shape index (κ1) is 12.7. The summed E-state index contributed by atoms with van der Waals surface area (Å²) in [5, 5.41) is 25.9. The second kappa shape index (κ2) is 5.14. The van der Waals surface area contributed by atoms with Gasteiger partial charge in [0.15, 0.2) is 0 Å². The molecule has 0 spiro atoms. The summed E-state index contributed by atoms with van der Waals surface area (Å²) in [4.78, 5) is 7.20. The van der Waals surface area contributed by atoms with E-state index in [4.69, 9.17) is 44.7 Å². The van der Waals surface area contributed by atoms with Crippen molar-refractivity contribution >= 4 is 34.7 Å². The maximum Gasteiger partial charge on any atom is 0.222 e. The average molecular weight is 265 g/mol. The molecule has 0 fully saturated rings. The number of hydrogen-bond acceptors (Lipinski definition) is 6. The maximum absolute atomic E-state index is 8.92.